The lowest BCUT2D eigenvalue weighted by molar-refractivity contribution is 0.494. The lowest BCUT2D eigenvalue weighted by Gasteiger charge is -2.22. The first-order chi connectivity index (χ1) is 8.42. The maximum absolute atomic E-state index is 12.0. The first-order valence-corrected chi connectivity index (χ1v) is 8.15. The van der Waals surface area contributed by atoms with Gasteiger partial charge in [0.05, 0.1) is 16.3 Å². The number of rotatable bonds is 6. The third-order valence-corrected chi connectivity index (χ3v) is 5.27. The van der Waals surface area contributed by atoms with Gasteiger partial charge >= 0.3 is 0 Å². The van der Waals surface area contributed by atoms with Crippen LogP contribution in [-0.4, -0.2) is 20.2 Å². The van der Waals surface area contributed by atoms with Gasteiger partial charge in [0.1, 0.15) is 0 Å². The predicted octanol–water partition coefficient (Wildman–Crippen LogP) is 3.33. The molecule has 1 aromatic rings. The summed E-state index contributed by atoms with van der Waals surface area (Å²) in [5.41, 5.74) is 0.715. The first-order valence-electron chi connectivity index (χ1n) is 6.50. The number of hydrogen-bond donors (Lipinski definition) is 1. The molecule has 0 aromatic heterocycles. The molecule has 1 aromatic carbocycles. The Hall–Kier alpha value is -1.03. The van der Waals surface area contributed by atoms with E-state index in [4.69, 9.17) is 0 Å². The maximum atomic E-state index is 12.0. The molecular formula is C14H23NO2S. The van der Waals surface area contributed by atoms with E-state index in [2.05, 4.69) is 26.1 Å². The van der Waals surface area contributed by atoms with Gasteiger partial charge in [-0.1, -0.05) is 39.3 Å². The standard InChI is InChI=1S/C14H23NO2S/c1-5-11(3)12(4)15-13-9-7-8-10-14(13)18(16,17)6-2/h7-12,15H,5-6H2,1-4H3. The summed E-state index contributed by atoms with van der Waals surface area (Å²) in [7, 11) is -3.17. The highest BCUT2D eigenvalue weighted by molar-refractivity contribution is 7.91. The predicted molar refractivity (Wildman–Crippen MR) is 76.7 cm³/mol. The van der Waals surface area contributed by atoms with Crippen molar-refractivity contribution in [3.05, 3.63) is 24.3 Å². The van der Waals surface area contributed by atoms with Crippen molar-refractivity contribution in [1.82, 2.24) is 0 Å². The summed E-state index contributed by atoms with van der Waals surface area (Å²) in [5.74, 6) is 0.631. The van der Waals surface area contributed by atoms with E-state index >= 15 is 0 Å². The van der Waals surface area contributed by atoms with Crippen molar-refractivity contribution >= 4 is 15.5 Å². The highest BCUT2D eigenvalue weighted by Gasteiger charge is 2.18. The molecule has 2 unspecified atom stereocenters. The van der Waals surface area contributed by atoms with E-state index in [0.717, 1.165) is 6.42 Å². The molecule has 0 spiro atoms. The lowest BCUT2D eigenvalue weighted by Crippen LogP contribution is -2.24. The van der Waals surface area contributed by atoms with Crippen molar-refractivity contribution in [1.29, 1.82) is 0 Å². The van der Waals surface area contributed by atoms with E-state index in [0.29, 0.717) is 16.5 Å². The van der Waals surface area contributed by atoms with Crippen LogP contribution < -0.4 is 5.32 Å². The Kier molecular flexibility index (Phi) is 5.20. The van der Waals surface area contributed by atoms with Gasteiger partial charge in [0.25, 0.3) is 0 Å². The molecule has 0 aliphatic heterocycles. The van der Waals surface area contributed by atoms with Crippen molar-refractivity contribution in [2.45, 2.75) is 45.1 Å². The quantitative estimate of drug-likeness (QED) is 0.861. The average molecular weight is 269 g/mol. The summed E-state index contributed by atoms with van der Waals surface area (Å²) >= 11 is 0. The molecule has 0 amide bonds. The van der Waals surface area contributed by atoms with Crippen LogP contribution in [0.5, 0.6) is 0 Å². The molecule has 1 rings (SSSR count). The summed E-state index contributed by atoms with van der Waals surface area (Å²) in [6, 6.07) is 7.39. The van der Waals surface area contributed by atoms with Crippen LogP contribution in [-0.2, 0) is 9.84 Å². The molecule has 0 radical (unpaired) electrons. The number of nitrogens with one attached hydrogen (secondary N) is 1. The van der Waals surface area contributed by atoms with Crippen LogP contribution >= 0.6 is 0 Å². The molecule has 0 heterocycles. The molecule has 1 N–H and O–H groups in total. The van der Waals surface area contributed by atoms with E-state index in [-0.39, 0.29) is 11.8 Å². The van der Waals surface area contributed by atoms with Gasteiger partial charge in [0.15, 0.2) is 9.84 Å². The van der Waals surface area contributed by atoms with E-state index < -0.39 is 9.84 Å². The number of benzene rings is 1. The summed E-state index contributed by atoms with van der Waals surface area (Å²) in [4.78, 5) is 0.405. The van der Waals surface area contributed by atoms with Gasteiger partial charge in [0, 0.05) is 6.04 Å². The number of sulfone groups is 1. The number of anilines is 1. The molecular weight excluding hydrogens is 246 g/mol. The number of hydrogen-bond acceptors (Lipinski definition) is 3. The van der Waals surface area contributed by atoms with Crippen molar-refractivity contribution in [2.24, 2.45) is 5.92 Å². The Labute approximate surface area is 111 Å². The zero-order chi connectivity index (χ0) is 13.8. The molecule has 0 bridgehead atoms. The normalized spacial score (nSPS) is 15.1. The minimum atomic E-state index is -3.17. The van der Waals surface area contributed by atoms with Crippen LogP contribution in [0.1, 0.15) is 34.1 Å². The van der Waals surface area contributed by atoms with Gasteiger partial charge in [-0.2, -0.15) is 0 Å². The second-order valence-corrected chi connectivity index (χ2v) is 6.96. The van der Waals surface area contributed by atoms with Gasteiger partial charge < -0.3 is 5.32 Å². The second-order valence-electron chi connectivity index (χ2n) is 4.72. The second kappa shape index (κ2) is 6.23. The van der Waals surface area contributed by atoms with Gasteiger partial charge in [0.2, 0.25) is 0 Å². The fourth-order valence-corrected chi connectivity index (χ4v) is 2.81. The summed E-state index contributed by atoms with van der Waals surface area (Å²) < 4.78 is 24.0. The van der Waals surface area contributed by atoms with Crippen LogP contribution in [0.2, 0.25) is 0 Å². The van der Waals surface area contributed by atoms with Gasteiger partial charge in [-0.15, -0.1) is 0 Å². The fourth-order valence-electron chi connectivity index (χ4n) is 1.75. The molecule has 18 heavy (non-hydrogen) atoms. The van der Waals surface area contributed by atoms with Crippen molar-refractivity contribution < 1.29 is 8.42 Å². The van der Waals surface area contributed by atoms with E-state index in [9.17, 15) is 8.42 Å². The molecule has 0 aliphatic rings. The van der Waals surface area contributed by atoms with Gasteiger partial charge in [-0.25, -0.2) is 8.42 Å². The SMILES string of the molecule is CCC(C)C(C)Nc1ccccc1S(=O)(=O)CC. The van der Waals surface area contributed by atoms with Crippen LogP contribution in [0.4, 0.5) is 5.69 Å². The minimum absolute atomic E-state index is 0.128. The Bertz CT molecular complexity index is 482. The maximum Gasteiger partial charge on any atom is 0.180 e. The summed E-state index contributed by atoms with van der Waals surface area (Å²) in [6.07, 6.45) is 1.07. The van der Waals surface area contributed by atoms with E-state index in [1.165, 1.54) is 0 Å². The molecule has 3 nitrogen and oxygen atoms in total. The van der Waals surface area contributed by atoms with Crippen LogP contribution in [0, 0.1) is 5.92 Å². The first kappa shape index (κ1) is 15.0. The van der Waals surface area contributed by atoms with E-state index in [1.54, 1.807) is 19.1 Å². The van der Waals surface area contributed by atoms with E-state index in [1.807, 2.05) is 12.1 Å². The monoisotopic (exact) mass is 269 g/mol. The largest absolute Gasteiger partial charge is 0.381 e. The average Bonchev–Trinajstić information content (AvgIpc) is 2.38. The summed E-state index contributed by atoms with van der Waals surface area (Å²) in [6.45, 7) is 8.06. The van der Waals surface area contributed by atoms with Gasteiger partial charge in [-0.3, -0.25) is 0 Å². The van der Waals surface area contributed by atoms with Crippen LogP contribution in [0.15, 0.2) is 29.2 Å². The molecule has 0 fully saturated rings. The Morgan fingerprint density at radius 1 is 1.17 bits per heavy atom. The summed E-state index contributed by atoms with van der Waals surface area (Å²) in [5, 5.41) is 3.32. The smallest absolute Gasteiger partial charge is 0.180 e. The lowest BCUT2D eigenvalue weighted by atomic mass is 10.0. The molecule has 0 saturated carbocycles. The fraction of sp³-hybridized carbons (Fsp3) is 0.571. The third kappa shape index (κ3) is 3.48. The number of para-hydroxylation sites is 1. The highest BCUT2D eigenvalue weighted by atomic mass is 32.2. The zero-order valence-corrected chi connectivity index (χ0v) is 12.4. The molecule has 0 aliphatic carbocycles. The van der Waals surface area contributed by atoms with Crippen molar-refractivity contribution in [3.8, 4) is 0 Å². The Morgan fingerprint density at radius 2 is 1.78 bits per heavy atom. The van der Waals surface area contributed by atoms with Crippen molar-refractivity contribution in [3.63, 3.8) is 0 Å². The van der Waals surface area contributed by atoms with Crippen LogP contribution in [0.3, 0.4) is 0 Å². The Morgan fingerprint density at radius 3 is 2.33 bits per heavy atom. The zero-order valence-electron chi connectivity index (χ0n) is 11.6. The molecule has 0 saturated heterocycles. The van der Waals surface area contributed by atoms with Crippen molar-refractivity contribution in [2.75, 3.05) is 11.1 Å². The third-order valence-electron chi connectivity index (χ3n) is 3.48. The topological polar surface area (TPSA) is 46.2 Å². The molecule has 4 heteroatoms. The van der Waals surface area contributed by atoms with Crippen LogP contribution in [0.25, 0.3) is 0 Å². The highest BCUT2D eigenvalue weighted by Crippen LogP contribution is 2.24. The minimum Gasteiger partial charge on any atom is -0.381 e. The Balaban J connectivity index is 3.04. The van der Waals surface area contributed by atoms with Gasteiger partial charge in [-0.05, 0) is 25.0 Å². The molecule has 2 atom stereocenters. The molecule has 102 valence electrons.